The highest BCUT2D eigenvalue weighted by molar-refractivity contribution is 7.90. The molecule has 0 radical (unpaired) electrons. The molecule has 3 rings (SSSR count). The zero-order valence-corrected chi connectivity index (χ0v) is 11.9. The lowest BCUT2D eigenvalue weighted by molar-refractivity contribution is 0.595. The zero-order chi connectivity index (χ0) is 14.2. The number of anilines is 1. The lowest BCUT2D eigenvalue weighted by atomic mass is 10.1. The number of nitrogens with zero attached hydrogens (tertiary/aromatic N) is 1. The maximum absolute atomic E-state index is 12.4. The van der Waals surface area contributed by atoms with E-state index in [2.05, 4.69) is 4.98 Å². The molecule has 0 amide bonds. The molecule has 0 saturated carbocycles. The third kappa shape index (κ3) is 2.41. The largest absolute Gasteiger partial charge is 0.396 e. The van der Waals surface area contributed by atoms with Crippen molar-refractivity contribution < 1.29 is 8.42 Å². The fourth-order valence-corrected chi connectivity index (χ4v) is 4.14. The average Bonchev–Trinajstić information content (AvgIpc) is 2.86. The van der Waals surface area contributed by atoms with Crippen LogP contribution >= 0.6 is 0 Å². The van der Waals surface area contributed by atoms with Crippen LogP contribution in [0.1, 0.15) is 23.1 Å². The molecule has 1 aliphatic rings. The number of nitrogens with two attached hydrogens (primary N) is 1. The van der Waals surface area contributed by atoms with Gasteiger partial charge in [-0.25, -0.2) is 8.42 Å². The summed E-state index contributed by atoms with van der Waals surface area (Å²) in [6.45, 7) is 0. The molecular formula is C15H16N2O2S. The predicted molar refractivity (Wildman–Crippen MR) is 78.0 cm³/mol. The van der Waals surface area contributed by atoms with Crippen molar-refractivity contribution in [2.75, 3.05) is 5.73 Å². The molecule has 5 heteroatoms. The first-order valence-electron chi connectivity index (χ1n) is 6.59. The smallest absolute Gasteiger partial charge is 0.184 e. The highest BCUT2D eigenvalue weighted by Gasteiger charge is 2.19. The summed E-state index contributed by atoms with van der Waals surface area (Å²) in [4.78, 5) is 3.98. The third-order valence-corrected chi connectivity index (χ3v) is 5.42. The van der Waals surface area contributed by atoms with E-state index in [1.165, 1.54) is 29.6 Å². The Morgan fingerprint density at radius 3 is 2.75 bits per heavy atom. The van der Waals surface area contributed by atoms with Crippen molar-refractivity contribution in [1.29, 1.82) is 0 Å². The zero-order valence-electron chi connectivity index (χ0n) is 11.0. The Bertz CT molecular complexity index is 754. The average molecular weight is 288 g/mol. The van der Waals surface area contributed by atoms with Crippen LogP contribution in [0, 0.1) is 0 Å². The Labute approximate surface area is 118 Å². The van der Waals surface area contributed by atoms with E-state index in [1.54, 1.807) is 0 Å². The van der Waals surface area contributed by atoms with Gasteiger partial charge in [0.25, 0.3) is 0 Å². The van der Waals surface area contributed by atoms with Gasteiger partial charge in [-0.15, -0.1) is 0 Å². The standard InChI is InChI=1S/C15H16N2O2S/c16-14-9-17-7-6-15(14)20(18,19)10-11-4-5-12-2-1-3-13(12)8-11/h4-9H,1-3,10,16H2. The van der Waals surface area contributed by atoms with Crippen LogP contribution in [0.4, 0.5) is 5.69 Å². The molecule has 1 aliphatic carbocycles. The van der Waals surface area contributed by atoms with Crippen LogP contribution in [0.25, 0.3) is 0 Å². The van der Waals surface area contributed by atoms with Crippen LogP contribution in [0.15, 0.2) is 41.6 Å². The lowest BCUT2D eigenvalue weighted by Gasteiger charge is -2.08. The normalized spacial score (nSPS) is 14.2. The van der Waals surface area contributed by atoms with Gasteiger partial charge >= 0.3 is 0 Å². The monoisotopic (exact) mass is 288 g/mol. The number of pyridine rings is 1. The Morgan fingerprint density at radius 1 is 1.15 bits per heavy atom. The Balaban J connectivity index is 1.93. The van der Waals surface area contributed by atoms with Crippen LogP contribution < -0.4 is 5.73 Å². The summed E-state index contributed by atoms with van der Waals surface area (Å²) in [5.41, 5.74) is 9.35. The number of aryl methyl sites for hydroxylation is 2. The number of sulfone groups is 1. The first kappa shape index (κ1) is 13.1. The molecule has 0 aliphatic heterocycles. The predicted octanol–water partition coefficient (Wildman–Crippen LogP) is 2.13. The van der Waals surface area contributed by atoms with Gasteiger partial charge in [-0.05, 0) is 42.0 Å². The number of hydrogen-bond donors (Lipinski definition) is 1. The van der Waals surface area contributed by atoms with Crippen molar-refractivity contribution in [1.82, 2.24) is 4.98 Å². The van der Waals surface area contributed by atoms with Crippen molar-refractivity contribution >= 4 is 15.5 Å². The summed E-state index contributed by atoms with van der Waals surface area (Å²) in [6, 6.07) is 7.41. The highest BCUT2D eigenvalue weighted by atomic mass is 32.2. The second-order valence-corrected chi connectivity index (χ2v) is 7.09. The fourth-order valence-electron chi connectivity index (χ4n) is 2.69. The second kappa shape index (κ2) is 4.90. The van der Waals surface area contributed by atoms with Crippen LogP contribution in [-0.2, 0) is 28.4 Å². The van der Waals surface area contributed by atoms with Gasteiger partial charge in [0, 0.05) is 6.20 Å². The van der Waals surface area contributed by atoms with Gasteiger partial charge < -0.3 is 5.73 Å². The van der Waals surface area contributed by atoms with Gasteiger partial charge in [-0.2, -0.15) is 0 Å². The van der Waals surface area contributed by atoms with E-state index in [0.717, 1.165) is 24.8 Å². The Kier molecular flexibility index (Phi) is 3.22. The minimum absolute atomic E-state index is 0.0194. The molecule has 0 saturated heterocycles. The minimum Gasteiger partial charge on any atom is -0.396 e. The third-order valence-electron chi connectivity index (χ3n) is 3.66. The van der Waals surface area contributed by atoms with E-state index in [4.69, 9.17) is 5.73 Å². The van der Waals surface area contributed by atoms with Gasteiger partial charge in [0.15, 0.2) is 9.84 Å². The van der Waals surface area contributed by atoms with Gasteiger partial charge in [-0.3, -0.25) is 4.98 Å². The first-order valence-corrected chi connectivity index (χ1v) is 8.24. The molecule has 1 aromatic heterocycles. The number of nitrogen functional groups attached to an aromatic ring is 1. The first-order chi connectivity index (χ1) is 9.56. The molecular weight excluding hydrogens is 272 g/mol. The van der Waals surface area contributed by atoms with E-state index in [9.17, 15) is 8.42 Å². The van der Waals surface area contributed by atoms with Crippen molar-refractivity contribution in [3.05, 3.63) is 53.3 Å². The summed E-state index contributed by atoms with van der Waals surface area (Å²) < 4.78 is 24.8. The summed E-state index contributed by atoms with van der Waals surface area (Å²) in [7, 11) is -3.43. The van der Waals surface area contributed by atoms with Crippen LogP contribution in [0.3, 0.4) is 0 Å². The number of fused-ring (bicyclic) bond motifs is 1. The summed E-state index contributed by atoms with van der Waals surface area (Å²) >= 11 is 0. The molecule has 0 atom stereocenters. The van der Waals surface area contributed by atoms with Crippen molar-refractivity contribution in [3.8, 4) is 0 Å². The Hall–Kier alpha value is -1.88. The summed E-state index contributed by atoms with van der Waals surface area (Å²) in [5, 5.41) is 0. The number of hydrogen-bond acceptors (Lipinski definition) is 4. The van der Waals surface area contributed by atoms with Crippen LogP contribution in [0.2, 0.25) is 0 Å². The molecule has 4 nitrogen and oxygen atoms in total. The van der Waals surface area contributed by atoms with E-state index < -0.39 is 9.84 Å². The number of benzene rings is 1. The number of aromatic nitrogens is 1. The molecule has 2 N–H and O–H groups in total. The molecule has 1 aromatic carbocycles. The highest BCUT2D eigenvalue weighted by Crippen LogP contribution is 2.26. The maximum atomic E-state index is 12.4. The van der Waals surface area contributed by atoms with Crippen molar-refractivity contribution in [2.45, 2.75) is 29.9 Å². The van der Waals surface area contributed by atoms with Gasteiger partial charge in [-0.1, -0.05) is 18.2 Å². The molecule has 0 spiro atoms. The van der Waals surface area contributed by atoms with Gasteiger partial charge in [0.2, 0.25) is 0 Å². The van der Waals surface area contributed by atoms with Crippen LogP contribution in [-0.4, -0.2) is 13.4 Å². The van der Waals surface area contributed by atoms with E-state index >= 15 is 0 Å². The molecule has 20 heavy (non-hydrogen) atoms. The van der Waals surface area contributed by atoms with Gasteiger partial charge in [0.1, 0.15) is 0 Å². The van der Waals surface area contributed by atoms with E-state index in [0.29, 0.717) is 0 Å². The quantitative estimate of drug-likeness (QED) is 0.939. The lowest BCUT2D eigenvalue weighted by Crippen LogP contribution is -2.08. The fraction of sp³-hybridized carbons (Fsp3) is 0.267. The minimum atomic E-state index is -3.43. The summed E-state index contributed by atoms with van der Waals surface area (Å²) in [6.07, 6.45) is 6.12. The van der Waals surface area contributed by atoms with E-state index in [1.807, 2.05) is 18.2 Å². The molecule has 104 valence electrons. The topological polar surface area (TPSA) is 73.0 Å². The van der Waals surface area contributed by atoms with Crippen molar-refractivity contribution in [2.24, 2.45) is 0 Å². The molecule has 0 fully saturated rings. The van der Waals surface area contributed by atoms with E-state index in [-0.39, 0.29) is 16.3 Å². The molecule has 0 unspecified atom stereocenters. The molecule has 1 heterocycles. The summed E-state index contributed by atoms with van der Waals surface area (Å²) in [5.74, 6) is -0.0194. The van der Waals surface area contributed by atoms with Crippen molar-refractivity contribution in [3.63, 3.8) is 0 Å². The molecule has 2 aromatic rings. The molecule has 0 bridgehead atoms. The van der Waals surface area contributed by atoms with Gasteiger partial charge in [0.05, 0.1) is 22.5 Å². The second-order valence-electron chi connectivity index (χ2n) is 5.13. The maximum Gasteiger partial charge on any atom is 0.184 e. The SMILES string of the molecule is Nc1cnccc1S(=O)(=O)Cc1ccc2c(c1)CCC2. The number of rotatable bonds is 3. The van der Waals surface area contributed by atoms with Crippen LogP contribution in [0.5, 0.6) is 0 Å². The Morgan fingerprint density at radius 2 is 1.95 bits per heavy atom.